The van der Waals surface area contributed by atoms with Crippen molar-refractivity contribution in [2.45, 2.75) is 39.5 Å². The largest absolute Gasteiger partial charge is 0.478 e. The number of aryl methyl sites for hydroxylation is 2. The molecule has 5 nitrogen and oxygen atoms in total. The van der Waals surface area contributed by atoms with Gasteiger partial charge in [-0.05, 0) is 43.9 Å². The molecule has 1 aliphatic carbocycles. The number of benzene rings is 1. The molecule has 0 saturated heterocycles. The van der Waals surface area contributed by atoms with Gasteiger partial charge in [0.15, 0.2) is 0 Å². The summed E-state index contributed by atoms with van der Waals surface area (Å²) < 4.78 is 0. The summed E-state index contributed by atoms with van der Waals surface area (Å²) in [6.45, 7) is 3.53. The van der Waals surface area contributed by atoms with E-state index in [0.717, 1.165) is 18.4 Å². The van der Waals surface area contributed by atoms with Gasteiger partial charge < -0.3 is 10.4 Å². The summed E-state index contributed by atoms with van der Waals surface area (Å²) >= 11 is 0. The third kappa shape index (κ3) is 2.75. The van der Waals surface area contributed by atoms with Crippen molar-refractivity contribution in [2.75, 3.05) is 5.32 Å². The highest BCUT2D eigenvalue weighted by Crippen LogP contribution is 2.38. The van der Waals surface area contributed by atoms with Crippen LogP contribution in [0.3, 0.4) is 0 Å². The number of amides is 1. The molecule has 0 unspecified atom stereocenters. The average Bonchev–Trinajstić information content (AvgIpc) is 2.91. The number of nitrogens with zero attached hydrogens (tertiary/aromatic N) is 1. The maximum atomic E-state index is 12.4. The predicted octanol–water partition coefficient (Wildman–Crippen LogP) is 3.02. The highest BCUT2D eigenvalue weighted by atomic mass is 16.4. The lowest BCUT2D eigenvalue weighted by Crippen LogP contribution is -2.32. The van der Waals surface area contributed by atoms with E-state index >= 15 is 0 Å². The molecule has 1 saturated carbocycles. The maximum Gasteiger partial charge on any atom is 0.336 e. The van der Waals surface area contributed by atoms with Crippen LogP contribution in [0.2, 0.25) is 0 Å². The lowest BCUT2D eigenvalue weighted by atomic mass is 9.87. The summed E-state index contributed by atoms with van der Waals surface area (Å²) in [6, 6.07) is 5.33. The minimum Gasteiger partial charge on any atom is -0.478 e. The quantitative estimate of drug-likeness (QED) is 0.893. The zero-order valence-corrected chi connectivity index (χ0v) is 12.2. The highest BCUT2D eigenvalue weighted by Gasteiger charge is 2.41. The number of nitrogens with one attached hydrogen (secondary N) is 1. The Balaban J connectivity index is 2.31. The molecule has 0 bridgehead atoms. The minimum atomic E-state index is -1.03. The molecule has 2 rings (SSSR count). The van der Waals surface area contributed by atoms with E-state index in [2.05, 4.69) is 11.4 Å². The van der Waals surface area contributed by atoms with E-state index in [-0.39, 0.29) is 11.5 Å². The van der Waals surface area contributed by atoms with Crippen molar-refractivity contribution < 1.29 is 14.7 Å². The van der Waals surface area contributed by atoms with Crippen LogP contribution in [0.15, 0.2) is 12.1 Å². The van der Waals surface area contributed by atoms with Gasteiger partial charge in [-0.15, -0.1) is 0 Å². The van der Waals surface area contributed by atoms with Crippen molar-refractivity contribution in [3.05, 3.63) is 28.8 Å². The van der Waals surface area contributed by atoms with Crippen LogP contribution in [-0.4, -0.2) is 17.0 Å². The van der Waals surface area contributed by atoms with E-state index in [1.807, 2.05) is 6.92 Å². The third-order valence-electron chi connectivity index (χ3n) is 4.16. The number of carbonyl (C=O) groups is 2. The van der Waals surface area contributed by atoms with Crippen molar-refractivity contribution in [3.63, 3.8) is 0 Å². The molecule has 1 aromatic carbocycles. The Morgan fingerprint density at radius 3 is 2.38 bits per heavy atom. The van der Waals surface area contributed by atoms with Crippen molar-refractivity contribution >= 4 is 17.6 Å². The Kier molecular flexibility index (Phi) is 3.99. The van der Waals surface area contributed by atoms with Crippen molar-refractivity contribution in [3.8, 4) is 6.07 Å². The van der Waals surface area contributed by atoms with E-state index in [0.29, 0.717) is 24.1 Å². The lowest BCUT2D eigenvalue weighted by Gasteiger charge is -2.20. The maximum absolute atomic E-state index is 12.4. The van der Waals surface area contributed by atoms with Gasteiger partial charge in [0.1, 0.15) is 5.41 Å². The van der Waals surface area contributed by atoms with Crippen LogP contribution in [0.25, 0.3) is 0 Å². The molecule has 21 heavy (non-hydrogen) atoms. The monoisotopic (exact) mass is 286 g/mol. The summed E-state index contributed by atoms with van der Waals surface area (Å²) in [6.07, 6.45) is 2.86. The highest BCUT2D eigenvalue weighted by molar-refractivity contribution is 5.99. The van der Waals surface area contributed by atoms with E-state index in [1.165, 1.54) is 6.07 Å². The molecule has 1 amide bonds. The second kappa shape index (κ2) is 5.57. The average molecular weight is 286 g/mol. The Morgan fingerprint density at radius 2 is 1.86 bits per heavy atom. The smallest absolute Gasteiger partial charge is 0.336 e. The number of rotatable bonds is 3. The van der Waals surface area contributed by atoms with E-state index in [1.54, 1.807) is 13.0 Å². The second-order valence-electron chi connectivity index (χ2n) is 5.64. The van der Waals surface area contributed by atoms with Crippen LogP contribution in [0, 0.1) is 30.6 Å². The zero-order chi connectivity index (χ0) is 15.6. The number of carboxylic acid groups (broad SMARTS) is 1. The van der Waals surface area contributed by atoms with Crippen LogP contribution in [0.5, 0.6) is 0 Å². The summed E-state index contributed by atoms with van der Waals surface area (Å²) in [5.41, 5.74) is 1.09. The molecule has 1 aromatic rings. The predicted molar refractivity (Wildman–Crippen MR) is 78.0 cm³/mol. The topological polar surface area (TPSA) is 90.2 Å². The fourth-order valence-corrected chi connectivity index (χ4v) is 2.83. The second-order valence-corrected chi connectivity index (χ2v) is 5.64. The van der Waals surface area contributed by atoms with Gasteiger partial charge in [0.25, 0.3) is 0 Å². The summed E-state index contributed by atoms with van der Waals surface area (Å²) in [5, 5.41) is 21.2. The van der Waals surface area contributed by atoms with Gasteiger partial charge in [-0.25, -0.2) is 4.79 Å². The molecule has 5 heteroatoms. The molecule has 2 N–H and O–H groups in total. The Bertz CT molecular complexity index is 638. The van der Waals surface area contributed by atoms with Gasteiger partial charge in [0, 0.05) is 5.69 Å². The van der Waals surface area contributed by atoms with Gasteiger partial charge in [0.2, 0.25) is 5.91 Å². The number of nitriles is 1. The molecular weight excluding hydrogens is 268 g/mol. The number of carbonyl (C=O) groups excluding carboxylic acids is 1. The third-order valence-corrected chi connectivity index (χ3v) is 4.16. The molecule has 1 fully saturated rings. The van der Waals surface area contributed by atoms with Gasteiger partial charge >= 0.3 is 5.97 Å². The number of aromatic carboxylic acids is 1. The number of anilines is 1. The first-order chi connectivity index (χ1) is 9.89. The Labute approximate surface area is 123 Å². The first-order valence-electron chi connectivity index (χ1n) is 6.97. The van der Waals surface area contributed by atoms with E-state index in [9.17, 15) is 14.9 Å². The van der Waals surface area contributed by atoms with Gasteiger partial charge in [0.05, 0.1) is 11.6 Å². The van der Waals surface area contributed by atoms with E-state index < -0.39 is 11.4 Å². The first-order valence-corrected chi connectivity index (χ1v) is 6.97. The van der Waals surface area contributed by atoms with Crippen molar-refractivity contribution in [1.29, 1.82) is 5.26 Å². The standard InChI is InChI=1S/C16H18N2O3/c1-10-7-11(2)13(8-12(10)14(19)20)18-15(21)16(9-17)5-3-4-6-16/h7-8H,3-6H2,1-2H3,(H,18,21)(H,19,20). The first kappa shape index (κ1) is 15.0. The van der Waals surface area contributed by atoms with Gasteiger partial charge in [-0.2, -0.15) is 5.26 Å². The summed E-state index contributed by atoms with van der Waals surface area (Å²) in [7, 11) is 0. The molecule has 0 atom stereocenters. The Morgan fingerprint density at radius 1 is 1.24 bits per heavy atom. The summed E-state index contributed by atoms with van der Waals surface area (Å²) in [5.74, 6) is -1.36. The number of carboxylic acids is 1. The Hall–Kier alpha value is -2.35. The molecule has 0 spiro atoms. The van der Waals surface area contributed by atoms with Gasteiger partial charge in [-0.1, -0.05) is 18.9 Å². The normalized spacial score (nSPS) is 16.2. The SMILES string of the molecule is Cc1cc(C)c(C(=O)O)cc1NC(=O)C1(C#N)CCCC1. The van der Waals surface area contributed by atoms with Crippen LogP contribution >= 0.6 is 0 Å². The molecule has 110 valence electrons. The molecule has 0 radical (unpaired) electrons. The van der Waals surface area contributed by atoms with Crippen LogP contribution in [0.1, 0.15) is 47.2 Å². The summed E-state index contributed by atoms with van der Waals surface area (Å²) in [4.78, 5) is 23.6. The molecule has 0 aliphatic heterocycles. The van der Waals surface area contributed by atoms with E-state index in [4.69, 9.17) is 5.11 Å². The molecule has 0 aromatic heterocycles. The fraction of sp³-hybridized carbons (Fsp3) is 0.438. The number of hydrogen-bond donors (Lipinski definition) is 2. The lowest BCUT2D eigenvalue weighted by molar-refractivity contribution is -0.122. The van der Waals surface area contributed by atoms with Gasteiger partial charge in [-0.3, -0.25) is 4.79 Å². The minimum absolute atomic E-state index is 0.160. The molecular formula is C16H18N2O3. The molecule has 0 heterocycles. The van der Waals surface area contributed by atoms with Crippen molar-refractivity contribution in [1.82, 2.24) is 0 Å². The van der Waals surface area contributed by atoms with Crippen LogP contribution < -0.4 is 5.32 Å². The fourth-order valence-electron chi connectivity index (χ4n) is 2.83. The zero-order valence-electron chi connectivity index (χ0n) is 12.2. The van der Waals surface area contributed by atoms with Crippen LogP contribution in [-0.2, 0) is 4.79 Å². The number of hydrogen-bond acceptors (Lipinski definition) is 3. The van der Waals surface area contributed by atoms with Crippen molar-refractivity contribution in [2.24, 2.45) is 5.41 Å². The molecule has 1 aliphatic rings. The van der Waals surface area contributed by atoms with Crippen LogP contribution in [0.4, 0.5) is 5.69 Å².